The second-order valence-corrected chi connectivity index (χ2v) is 6.54. The van der Waals surface area contributed by atoms with E-state index in [0.29, 0.717) is 13.1 Å². The third kappa shape index (κ3) is 5.58. The predicted octanol–water partition coefficient (Wildman–Crippen LogP) is 3.10. The number of methoxy groups -OCH3 is 1. The van der Waals surface area contributed by atoms with E-state index < -0.39 is 6.04 Å². The minimum absolute atomic E-state index is 0.0813. The summed E-state index contributed by atoms with van der Waals surface area (Å²) < 4.78 is 5.16. The Bertz CT molecular complexity index is 771. The van der Waals surface area contributed by atoms with Crippen molar-refractivity contribution in [1.29, 1.82) is 0 Å². The molecule has 2 amide bonds. The molecule has 0 saturated carbocycles. The summed E-state index contributed by atoms with van der Waals surface area (Å²) in [5, 5.41) is 2.81. The lowest BCUT2D eigenvalue weighted by molar-refractivity contribution is -0.140. The summed E-state index contributed by atoms with van der Waals surface area (Å²) >= 11 is 0. The van der Waals surface area contributed by atoms with Crippen molar-refractivity contribution < 1.29 is 14.3 Å². The van der Waals surface area contributed by atoms with E-state index in [9.17, 15) is 9.59 Å². The van der Waals surface area contributed by atoms with Crippen molar-refractivity contribution in [1.82, 2.24) is 10.2 Å². The molecule has 5 heteroatoms. The summed E-state index contributed by atoms with van der Waals surface area (Å²) in [6.45, 7) is 6.59. The fourth-order valence-corrected chi connectivity index (χ4v) is 2.90. The van der Waals surface area contributed by atoms with Crippen LogP contribution in [0.1, 0.15) is 30.5 Å². The Balaban J connectivity index is 2.22. The van der Waals surface area contributed by atoms with E-state index in [1.807, 2.05) is 62.4 Å². The van der Waals surface area contributed by atoms with Gasteiger partial charge in [0.05, 0.1) is 13.5 Å². The molecule has 0 saturated heterocycles. The van der Waals surface area contributed by atoms with Crippen molar-refractivity contribution in [3.63, 3.8) is 0 Å². The Morgan fingerprint density at radius 3 is 2.37 bits per heavy atom. The van der Waals surface area contributed by atoms with Crippen LogP contribution in [-0.2, 0) is 22.6 Å². The van der Waals surface area contributed by atoms with Crippen LogP contribution in [0.25, 0.3) is 0 Å². The van der Waals surface area contributed by atoms with Gasteiger partial charge in [0.1, 0.15) is 11.8 Å². The van der Waals surface area contributed by atoms with Gasteiger partial charge >= 0.3 is 0 Å². The van der Waals surface area contributed by atoms with Crippen molar-refractivity contribution in [2.75, 3.05) is 13.7 Å². The maximum absolute atomic E-state index is 13.0. The first-order valence-corrected chi connectivity index (χ1v) is 9.20. The van der Waals surface area contributed by atoms with Gasteiger partial charge in [-0.2, -0.15) is 0 Å². The van der Waals surface area contributed by atoms with Crippen LogP contribution in [0.4, 0.5) is 0 Å². The van der Waals surface area contributed by atoms with Gasteiger partial charge in [0.2, 0.25) is 11.8 Å². The molecule has 1 atom stereocenters. The monoisotopic (exact) mass is 368 g/mol. The van der Waals surface area contributed by atoms with Crippen LogP contribution in [0.15, 0.2) is 48.5 Å². The van der Waals surface area contributed by atoms with E-state index in [1.54, 1.807) is 18.9 Å². The molecule has 27 heavy (non-hydrogen) atoms. The quantitative estimate of drug-likeness (QED) is 0.779. The number of ether oxygens (including phenoxy) is 1. The highest BCUT2D eigenvalue weighted by atomic mass is 16.5. The maximum Gasteiger partial charge on any atom is 0.242 e. The molecule has 1 N–H and O–H groups in total. The number of hydrogen-bond donors (Lipinski definition) is 1. The SMILES string of the molecule is CCNC(=O)[C@@H](C)N(Cc1ccccc1C)C(=O)Cc1ccc(OC)cc1. The van der Waals surface area contributed by atoms with Gasteiger partial charge in [-0.15, -0.1) is 0 Å². The van der Waals surface area contributed by atoms with Crippen LogP contribution in [0.3, 0.4) is 0 Å². The zero-order valence-electron chi connectivity index (χ0n) is 16.5. The molecular weight excluding hydrogens is 340 g/mol. The third-order valence-corrected chi connectivity index (χ3v) is 4.63. The molecule has 0 bridgehead atoms. The average molecular weight is 368 g/mol. The van der Waals surface area contributed by atoms with Crippen LogP contribution in [0.5, 0.6) is 5.75 Å². The molecule has 2 rings (SSSR count). The van der Waals surface area contributed by atoms with Crippen LogP contribution in [0.2, 0.25) is 0 Å². The molecule has 0 heterocycles. The Morgan fingerprint density at radius 2 is 1.78 bits per heavy atom. The summed E-state index contributed by atoms with van der Waals surface area (Å²) in [5.74, 6) is 0.523. The fourth-order valence-electron chi connectivity index (χ4n) is 2.90. The first-order valence-electron chi connectivity index (χ1n) is 9.20. The highest BCUT2D eigenvalue weighted by Crippen LogP contribution is 2.17. The Labute approximate surface area is 161 Å². The van der Waals surface area contributed by atoms with Gasteiger partial charge in [-0.3, -0.25) is 9.59 Å². The van der Waals surface area contributed by atoms with E-state index in [0.717, 1.165) is 22.4 Å². The molecule has 2 aromatic rings. The summed E-state index contributed by atoms with van der Waals surface area (Å²) in [6.07, 6.45) is 0.236. The summed E-state index contributed by atoms with van der Waals surface area (Å²) in [4.78, 5) is 27.1. The lowest BCUT2D eigenvalue weighted by Crippen LogP contribution is -2.48. The first kappa shape index (κ1) is 20.5. The minimum Gasteiger partial charge on any atom is -0.497 e. The molecule has 0 radical (unpaired) electrons. The first-order chi connectivity index (χ1) is 13.0. The van der Waals surface area contributed by atoms with Gasteiger partial charge in [0, 0.05) is 13.1 Å². The molecule has 144 valence electrons. The average Bonchev–Trinajstić information content (AvgIpc) is 2.67. The van der Waals surface area contributed by atoms with Gasteiger partial charge in [-0.1, -0.05) is 36.4 Å². The number of benzene rings is 2. The number of aryl methyl sites for hydroxylation is 1. The Morgan fingerprint density at radius 1 is 1.11 bits per heavy atom. The van der Waals surface area contributed by atoms with Crippen LogP contribution < -0.4 is 10.1 Å². The van der Waals surface area contributed by atoms with Gasteiger partial charge < -0.3 is 15.0 Å². The fraction of sp³-hybridized carbons (Fsp3) is 0.364. The second kappa shape index (κ2) is 9.76. The van der Waals surface area contributed by atoms with Gasteiger partial charge in [-0.25, -0.2) is 0 Å². The van der Waals surface area contributed by atoms with E-state index in [4.69, 9.17) is 4.74 Å². The Hall–Kier alpha value is -2.82. The van der Waals surface area contributed by atoms with E-state index in [1.165, 1.54) is 0 Å². The molecule has 0 aliphatic carbocycles. The molecule has 0 aliphatic rings. The van der Waals surface area contributed by atoms with Crippen molar-refractivity contribution in [3.8, 4) is 5.75 Å². The predicted molar refractivity (Wildman–Crippen MR) is 107 cm³/mol. The zero-order valence-corrected chi connectivity index (χ0v) is 16.5. The lowest BCUT2D eigenvalue weighted by atomic mass is 10.1. The zero-order chi connectivity index (χ0) is 19.8. The standard InChI is InChI=1S/C22H28N2O3/c1-5-23-22(26)17(3)24(15-19-9-7-6-8-16(19)2)21(25)14-18-10-12-20(27-4)13-11-18/h6-13,17H,5,14-15H2,1-4H3,(H,23,26)/t17-/m1/s1. The number of likely N-dealkylation sites (N-methyl/N-ethyl adjacent to an activating group) is 1. The smallest absolute Gasteiger partial charge is 0.242 e. The van der Waals surface area contributed by atoms with Crippen molar-refractivity contribution in [3.05, 3.63) is 65.2 Å². The summed E-state index contributed by atoms with van der Waals surface area (Å²) in [5.41, 5.74) is 3.03. The largest absolute Gasteiger partial charge is 0.497 e. The van der Waals surface area contributed by atoms with Crippen molar-refractivity contribution in [2.45, 2.75) is 39.8 Å². The molecule has 2 aromatic carbocycles. The van der Waals surface area contributed by atoms with E-state index in [-0.39, 0.29) is 18.2 Å². The van der Waals surface area contributed by atoms with Crippen molar-refractivity contribution in [2.24, 2.45) is 0 Å². The minimum atomic E-state index is -0.546. The van der Waals surface area contributed by atoms with Crippen LogP contribution >= 0.6 is 0 Å². The van der Waals surface area contributed by atoms with Crippen molar-refractivity contribution >= 4 is 11.8 Å². The number of hydrogen-bond acceptors (Lipinski definition) is 3. The number of nitrogens with one attached hydrogen (secondary N) is 1. The number of amides is 2. The molecule has 0 fully saturated rings. The Kier molecular flexibility index (Phi) is 7.41. The van der Waals surface area contributed by atoms with Gasteiger partial charge in [-0.05, 0) is 49.6 Å². The highest BCUT2D eigenvalue weighted by molar-refractivity contribution is 5.88. The normalized spacial score (nSPS) is 11.6. The highest BCUT2D eigenvalue weighted by Gasteiger charge is 2.26. The number of carbonyl (C=O) groups excluding carboxylic acids is 2. The van der Waals surface area contributed by atoms with Gasteiger partial charge in [0.15, 0.2) is 0 Å². The molecule has 0 unspecified atom stereocenters. The number of nitrogens with zero attached hydrogens (tertiary/aromatic N) is 1. The second-order valence-electron chi connectivity index (χ2n) is 6.54. The molecule has 0 aromatic heterocycles. The number of rotatable bonds is 8. The number of carbonyl (C=O) groups is 2. The summed E-state index contributed by atoms with van der Waals surface area (Å²) in [6, 6.07) is 14.8. The van der Waals surface area contributed by atoms with Crippen LogP contribution in [0, 0.1) is 6.92 Å². The molecule has 0 aliphatic heterocycles. The van der Waals surface area contributed by atoms with E-state index >= 15 is 0 Å². The van der Waals surface area contributed by atoms with E-state index in [2.05, 4.69) is 5.32 Å². The summed E-state index contributed by atoms with van der Waals surface area (Å²) in [7, 11) is 1.61. The molecule has 0 spiro atoms. The maximum atomic E-state index is 13.0. The van der Waals surface area contributed by atoms with Crippen LogP contribution in [-0.4, -0.2) is 36.4 Å². The third-order valence-electron chi connectivity index (χ3n) is 4.63. The lowest BCUT2D eigenvalue weighted by Gasteiger charge is -2.29. The molecule has 5 nitrogen and oxygen atoms in total. The topological polar surface area (TPSA) is 58.6 Å². The molecular formula is C22H28N2O3. The van der Waals surface area contributed by atoms with Gasteiger partial charge in [0.25, 0.3) is 0 Å².